The van der Waals surface area contributed by atoms with Gasteiger partial charge >= 0.3 is 0 Å². The first kappa shape index (κ1) is 15.1. The molecule has 0 aliphatic rings. The SMILES string of the molecule is COc1ccc(-c2cc3ccccc3[nH]2)cc1N=Nc1ccccc1. The van der Waals surface area contributed by atoms with Crippen LogP contribution in [0.3, 0.4) is 0 Å². The number of para-hydroxylation sites is 1. The summed E-state index contributed by atoms with van der Waals surface area (Å²) in [5.74, 6) is 0.694. The van der Waals surface area contributed by atoms with Crippen molar-refractivity contribution >= 4 is 22.3 Å². The van der Waals surface area contributed by atoms with Crippen molar-refractivity contribution in [3.8, 4) is 17.0 Å². The Hall–Kier alpha value is -3.40. The Labute approximate surface area is 145 Å². The molecule has 122 valence electrons. The number of ether oxygens (including phenoxy) is 1. The average molecular weight is 327 g/mol. The molecule has 1 N–H and O–H groups in total. The summed E-state index contributed by atoms with van der Waals surface area (Å²) in [4.78, 5) is 3.44. The van der Waals surface area contributed by atoms with Crippen molar-refractivity contribution in [2.45, 2.75) is 0 Å². The van der Waals surface area contributed by atoms with Crippen LogP contribution in [0.1, 0.15) is 0 Å². The van der Waals surface area contributed by atoms with E-state index in [4.69, 9.17) is 4.74 Å². The minimum Gasteiger partial charge on any atom is -0.494 e. The molecule has 25 heavy (non-hydrogen) atoms. The van der Waals surface area contributed by atoms with Crippen molar-refractivity contribution in [2.24, 2.45) is 10.2 Å². The van der Waals surface area contributed by atoms with Gasteiger partial charge < -0.3 is 9.72 Å². The second-order valence-corrected chi connectivity index (χ2v) is 5.69. The van der Waals surface area contributed by atoms with Crippen LogP contribution in [0.2, 0.25) is 0 Å². The monoisotopic (exact) mass is 327 g/mol. The van der Waals surface area contributed by atoms with Crippen LogP contribution in [0.15, 0.2) is 89.1 Å². The van der Waals surface area contributed by atoms with Crippen molar-refractivity contribution in [3.05, 3.63) is 78.9 Å². The lowest BCUT2D eigenvalue weighted by molar-refractivity contribution is 0.416. The number of fused-ring (bicyclic) bond motifs is 1. The van der Waals surface area contributed by atoms with Gasteiger partial charge in [0.25, 0.3) is 0 Å². The first-order chi connectivity index (χ1) is 12.3. The second-order valence-electron chi connectivity index (χ2n) is 5.69. The molecule has 0 aliphatic heterocycles. The fourth-order valence-corrected chi connectivity index (χ4v) is 2.77. The predicted molar refractivity (Wildman–Crippen MR) is 101 cm³/mol. The lowest BCUT2D eigenvalue weighted by Crippen LogP contribution is -1.84. The van der Waals surface area contributed by atoms with Crippen LogP contribution >= 0.6 is 0 Å². The predicted octanol–water partition coefficient (Wildman–Crippen LogP) is 6.26. The van der Waals surface area contributed by atoms with Crippen molar-refractivity contribution in [1.29, 1.82) is 0 Å². The Morgan fingerprint density at radius 3 is 2.40 bits per heavy atom. The highest BCUT2D eigenvalue weighted by atomic mass is 16.5. The standard InChI is InChI=1S/C21H17N3O/c1-25-21-12-11-16(19-13-15-7-5-6-10-18(15)22-19)14-20(21)24-23-17-8-3-2-4-9-17/h2-14,22H,1H3. The van der Waals surface area contributed by atoms with Crippen molar-refractivity contribution in [1.82, 2.24) is 4.98 Å². The Morgan fingerprint density at radius 2 is 1.60 bits per heavy atom. The van der Waals surface area contributed by atoms with E-state index in [0.29, 0.717) is 11.4 Å². The van der Waals surface area contributed by atoms with E-state index >= 15 is 0 Å². The minimum absolute atomic E-state index is 0.694. The van der Waals surface area contributed by atoms with Crippen LogP contribution in [-0.4, -0.2) is 12.1 Å². The Balaban J connectivity index is 1.74. The summed E-state index contributed by atoms with van der Waals surface area (Å²) in [6.07, 6.45) is 0. The highest BCUT2D eigenvalue weighted by Gasteiger charge is 2.08. The maximum atomic E-state index is 5.42. The molecule has 0 bridgehead atoms. The molecule has 1 aromatic heterocycles. The molecule has 4 rings (SSSR count). The highest BCUT2D eigenvalue weighted by Crippen LogP contribution is 2.34. The largest absolute Gasteiger partial charge is 0.494 e. The highest BCUT2D eigenvalue weighted by molar-refractivity contribution is 5.86. The van der Waals surface area contributed by atoms with Gasteiger partial charge in [0.1, 0.15) is 11.4 Å². The lowest BCUT2D eigenvalue weighted by Gasteiger charge is -2.06. The number of azo groups is 1. The van der Waals surface area contributed by atoms with Crippen LogP contribution in [0.25, 0.3) is 22.2 Å². The van der Waals surface area contributed by atoms with Crippen LogP contribution < -0.4 is 4.74 Å². The third-order valence-corrected chi connectivity index (χ3v) is 4.05. The summed E-state index contributed by atoms with van der Waals surface area (Å²) in [5, 5.41) is 9.85. The smallest absolute Gasteiger partial charge is 0.146 e. The molecule has 0 saturated carbocycles. The van der Waals surface area contributed by atoms with E-state index in [0.717, 1.165) is 22.5 Å². The zero-order chi connectivity index (χ0) is 17.1. The molecule has 0 radical (unpaired) electrons. The zero-order valence-electron chi connectivity index (χ0n) is 13.8. The number of H-pyrrole nitrogens is 1. The average Bonchev–Trinajstić information content (AvgIpc) is 3.11. The van der Waals surface area contributed by atoms with E-state index in [1.54, 1.807) is 7.11 Å². The number of hydrogen-bond acceptors (Lipinski definition) is 3. The first-order valence-corrected chi connectivity index (χ1v) is 8.06. The van der Waals surface area contributed by atoms with E-state index < -0.39 is 0 Å². The number of benzene rings is 3. The zero-order valence-corrected chi connectivity index (χ0v) is 13.8. The molecule has 0 fully saturated rings. The quantitative estimate of drug-likeness (QED) is 0.442. The van der Waals surface area contributed by atoms with Gasteiger partial charge in [-0.1, -0.05) is 36.4 Å². The Bertz CT molecular complexity index is 1000. The Morgan fingerprint density at radius 1 is 0.800 bits per heavy atom. The fourth-order valence-electron chi connectivity index (χ4n) is 2.77. The van der Waals surface area contributed by atoms with Gasteiger partial charge in [-0.25, -0.2) is 0 Å². The summed E-state index contributed by atoms with van der Waals surface area (Å²) in [6, 6.07) is 25.9. The molecular formula is C21H17N3O. The molecular weight excluding hydrogens is 310 g/mol. The van der Waals surface area contributed by atoms with Gasteiger partial charge in [-0.05, 0) is 42.5 Å². The molecule has 0 saturated heterocycles. The molecule has 0 unspecified atom stereocenters. The molecule has 1 heterocycles. The number of methoxy groups -OCH3 is 1. The number of aromatic nitrogens is 1. The van der Waals surface area contributed by atoms with E-state index in [-0.39, 0.29) is 0 Å². The van der Waals surface area contributed by atoms with Gasteiger partial charge in [0.2, 0.25) is 0 Å². The third kappa shape index (κ3) is 3.15. The third-order valence-electron chi connectivity index (χ3n) is 4.05. The molecule has 0 atom stereocenters. The summed E-state index contributed by atoms with van der Waals surface area (Å²) >= 11 is 0. The molecule has 4 aromatic rings. The summed E-state index contributed by atoms with van der Waals surface area (Å²) in [5.41, 5.74) is 4.70. The van der Waals surface area contributed by atoms with E-state index in [1.165, 1.54) is 5.39 Å². The molecule has 4 nitrogen and oxygen atoms in total. The fraction of sp³-hybridized carbons (Fsp3) is 0.0476. The molecule has 0 aliphatic carbocycles. The maximum absolute atomic E-state index is 5.42. The maximum Gasteiger partial charge on any atom is 0.146 e. The molecule has 0 spiro atoms. The van der Waals surface area contributed by atoms with Crippen LogP contribution in [0.5, 0.6) is 5.75 Å². The van der Waals surface area contributed by atoms with E-state index in [1.807, 2.05) is 60.7 Å². The second kappa shape index (κ2) is 6.61. The minimum atomic E-state index is 0.694. The van der Waals surface area contributed by atoms with Gasteiger partial charge in [-0.3, -0.25) is 0 Å². The number of nitrogens with one attached hydrogen (secondary N) is 1. The number of nitrogens with zero attached hydrogens (tertiary/aromatic N) is 2. The molecule has 0 amide bonds. The number of rotatable bonds is 4. The normalized spacial score (nSPS) is 11.2. The molecule has 4 heteroatoms. The lowest BCUT2D eigenvalue weighted by atomic mass is 10.1. The summed E-state index contributed by atoms with van der Waals surface area (Å²) < 4.78 is 5.42. The van der Waals surface area contributed by atoms with E-state index in [9.17, 15) is 0 Å². The van der Waals surface area contributed by atoms with Gasteiger partial charge in [-0.15, -0.1) is 5.11 Å². The van der Waals surface area contributed by atoms with Gasteiger partial charge in [0.05, 0.1) is 12.8 Å². The number of aromatic amines is 1. The summed E-state index contributed by atoms with van der Waals surface area (Å²) in [6.45, 7) is 0. The first-order valence-electron chi connectivity index (χ1n) is 8.06. The van der Waals surface area contributed by atoms with Crippen LogP contribution in [0, 0.1) is 0 Å². The van der Waals surface area contributed by atoms with Crippen molar-refractivity contribution in [3.63, 3.8) is 0 Å². The van der Waals surface area contributed by atoms with Gasteiger partial charge in [-0.2, -0.15) is 5.11 Å². The van der Waals surface area contributed by atoms with E-state index in [2.05, 4.69) is 33.4 Å². The Kier molecular flexibility index (Phi) is 4.01. The van der Waals surface area contributed by atoms with Crippen LogP contribution in [-0.2, 0) is 0 Å². The number of hydrogen-bond donors (Lipinski definition) is 1. The topological polar surface area (TPSA) is 49.7 Å². The summed E-state index contributed by atoms with van der Waals surface area (Å²) in [7, 11) is 1.64. The van der Waals surface area contributed by atoms with Gasteiger partial charge in [0.15, 0.2) is 0 Å². The van der Waals surface area contributed by atoms with Crippen molar-refractivity contribution in [2.75, 3.05) is 7.11 Å². The van der Waals surface area contributed by atoms with Crippen LogP contribution in [0.4, 0.5) is 11.4 Å². The van der Waals surface area contributed by atoms with Crippen molar-refractivity contribution < 1.29 is 4.74 Å². The molecule has 3 aromatic carbocycles. The van der Waals surface area contributed by atoms with Gasteiger partial charge in [0, 0.05) is 22.2 Å².